The van der Waals surface area contributed by atoms with E-state index in [1.807, 2.05) is 0 Å². The molecule has 0 amide bonds. The molecule has 2 aromatic rings. The molecule has 2 heterocycles. The fourth-order valence-electron chi connectivity index (χ4n) is 4.08. The van der Waals surface area contributed by atoms with Crippen LogP contribution in [0.5, 0.6) is 0 Å². The summed E-state index contributed by atoms with van der Waals surface area (Å²) < 4.78 is 0. The lowest BCUT2D eigenvalue weighted by Gasteiger charge is -2.39. The number of ketones is 1. The van der Waals surface area contributed by atoms with E-state index in [9.17, 15) is 4.79 Å². The van der Waals surface area contributed by atoms with Crippen LogP contribution in [0.15, 0.2) is 30.5 Å². The van der Waals surface area contributed by atoms with Crippen molar-refractivity contribution in [2.75, 3.05) is 13.6 Å². The Labute approximate surface area is 131 Å². The van der Waals surface area contributed by atoms with Crippen molar-refractivity contribution < 1.29 is 4.79 Å². The number of nitrogens with one attached hydrogen (secondary N) is 1. The fourth-order valence-corrected chi connectivity index (χ4v) is 4.08. The first-order chi connectivity index (χ1) is 10.7. The Morgan fingerprint density at radius 2 is 2.27 bits per heavy atom. The molecule has 0 saturated heterocycles. The van der Waals surface area contributed by atoms with E-state index in [-0.39, 0.29) is 5.92 Å². The van der Waals surface area contributed by atoms with E-state index >= 15 is 0 Å². The Kier molecular flexibility index (Phi) is 3.19. The third-order valence-electron chi connectivity index (χ3n) is 5.18. The molecule has 3 heteroatoms. The highest BCUT2D eigenvalue weighted by Crippen LogP contribution is 2.40. The average Bonchev–Trinajstić information content (AvgIpc) is 2.93. The van der Waals surface area contributed by atoms with Crippen LogP contribution < -0.4 is 0 Å². The topological polar surface area (TPSA) is 36.1 Å². The Morgan fingerprint density at radius 3 is 3.09 bits per heavy atom. The smallest absolute Gasteiger partial charge is 0.141 e. The van der Waals surface area contributed by atoms with Crippen molar-refractivity contribution in [1.82, 2.24) is 9.88 Å². The maximum atomic E-state index is 12.4. The number of hydrogen-bond acceptors (Lipinski definition) is 2. The van der Waals surface area contributed by atoms with E-state index in [2.05, 4.69) is 54.3 Å². The van der Waals surface area contributed by atoms with E-state index in [0.717, 1.165) is 19.4 Å². The molecular weight excluding hydrogens is 272 g/mol. The second-order valence-electron chi connectivity index (χ2n) is 6.65. The van der Waals surface area contributed by atoms with Crippen molar-refractivity contribution in [2.45, 2.75) is 32.2 Å². The number of benzene rings is 1. The molecule has 3 nitrogen and oxygen atoms in total. The zero-order valence-corrected chi connectivity index (χ0v) is 13.2. The number of carbonyl (C=O) groups excluding carboxylic acids is 1. The number of nitrogens with zero attached hydrogens (tertiary/aromatic N) is 1. The quantitative estimate of drug-likeness (QED) is 0.941. The highest BCUT2D eigenvalue weighted by atomic mass is 16.1. The highest BCUT2D eigenvalue weighted by Gasteiger charge is 2.35. The van der Waals surface area contributed by atoms with Crippen LogP contribution in [0, 0.1) is 5.92 Å². The lowest BCUT2D eigenvalue weighted by atomic mass is 9.79. The third kappa shape index (κ3) is 1.96. The zero-order chi connectivity index (χ0) is 15.3. The van der Waals surface area contributed by atoms with Gasteiger partial charge in [0.25, 0.3) is 0 Å². The van der Waals surface area contributed by atoms with Crippen molar-refractivity contribution in [3.05, 3.63) is 41.6 Å². The van der Waals surface area contributed by atoms with Crippen LogP contribution in [0.2, 0.25) is 0 Å². The predicted octanol–water partition coefficient (Wildman–Crippen LogP) is 3.41. The molecule has 0 saturated carbocycles. The van der Waals surface area contributed by atoms with Crippen molar-refractivity contribution in [2.24, 2.45) is 5.92 Å². The predicted molar refractivity (Wildman–Crippen MR) is 89.8 cm³/mol. The lowest BCUT2D eigenvalue weighted by molar-refractivity contribution is -0.122. The molecule has 2 aliphatic rings. The molecule has 1 aromatic heterocycles. The summed E-state index contributed by atoms with van der Waals surface area (Å²) in [7, 11) is 2.15. The van der Waals surface area contributed by atoms with Crippen LogP contribution in [-0.2, 0) is 11.2 Å². The van der Waals surface area contributed by atoms with Crippen molar-refractivity contribution in [3.8, 4) is 0 Å². The number of aromatic amines is 1. The molecule has 0 radical (unpaired) electrons. The van der Waals surface area contributed by atoms with Crippen molar-refractivity contribution in [1.29, 1.82) is 0 Å². The third-order valence-corrected chi connectivity index (χ3v) is 5.18. The maximum Gasteiger partial charge on any atom is 0.141 e. The minimum atomic E-state index is 0.0481. The molecule has 22 heavy (non-hydrogen) atoms. The largest absolute Gasteiger partial charge is 0.361 e. The van der Waals surface area contributed by atoms with Gasteiger partial charge in [0.1, 0.15) is 5.78 Å². The summed E-state index contributed by atoms with van der Waals surface area (Å²) >= 11 is 0. The Bertz CT molecular complexity index is 771. The monoisotopic (exact) mass is 294 g/mol. The Hall–Kier alpha value is -1.87. The van der Waals surface area contributed by atoms with Crippen LogP contribution in [0.1, 0.15) is 30.9 Å². The van der Waals surface area contributed by atoms with Crippen LogP contribution in [0.25, 0.3) is 16.5 Å². The highest BCUT2D eigenvalue weighted by molar-refractivity contribution is 5.99. The molecule has 4 rings (SSSR count). The molecule has 0 spiro atoms. The number of carbonyl (C=O) groups is 1. The van der Waals surface area contributed by atoms with Gasteiger partial charge in [0.05, 0.1) is 0 Å². The molecule has 0 fully saturated rings. The number of fused-ring (bicyclic) bond motifs is 2. The summed E-state index contributed by atoms with van der Waals surface area (Å²) in [5, 5.41) is 1.35. The van der Waals surface area contributed by atoms with Gasteiger partial charge in [-0.05, 0) is 42.7 Å². The minimum Gasteiger partial charge on any atom is -0.361 e. The number of aromatic nitrogens is 1. The summed E-state index contributed by atoms with van der Waals surface area (Å²) in [6.07, 6.45) is 7.06. The van der Waals surface area contributed by atoms with Crippen LogP contribution in [0.3, 0.4) is 0 Å². The van der Waals surface area contributed by atoms with Gasteiger partial charge in [-0.15, -0.1) is 0 Å². The van der Waals surface area contributed by atoms with Gasteiger partial charge in [-0.25, -0.2) is 0 Å². The van der Waals surface area contributed by atoms with Crippen molar-refractivity contribution >= 4 is 22.3 Å². The Balaban J connectivity index is 1.84. The first-order valence-corrected chi connectivity index (χ1v) is 8.23. The minimum absolute atomic E-state index is 0.0481. The summed E-state index contributed by atoms with van der Waals surface area (Å²) in [5.41, 5.74) is 5.26. The maximum absolute atomic E-state index is 12.4. The number of H-pyrrole nitrogens is 1. The van der Waals surface area contributed by atoms with Gasteiger partial charge in [-0.1, -0.05) is 25.1 Å². The van der Waals surface area contributed by atoms with Crippen LogP contribution >= 0.6 is 0 Å². The average molecular weight is 294 g/mol. The van der Waals surface area contributed by atoms with E-state index in [1.54, 1.807) is 0 Å². The van der Waals surface area contributed by atoms with Crippen LogP contribution in [0.4, 0.5) is 0 Å². The number of hydrogen-bond donors (Lipinski definition) is 1. The molecule has 1 N–H and O–H groups in total. The molecule has 0 unspecified atom stereocenters. The Morgan fingerprint density at radius 1 is 1.41 bits per heavy atom. The molecule has 1 aromatic carbocycles. The normalized spacial score (nSPS) is 24.2. The first-order valence-electron chi connectivity index (χ1n) is 8.23. The van der Waals surface area contributed by atoms with E-state index < -0.39 is 0 Å². The van der Waals surface area contributed by atoms with E-state index in [1.165, 1.54) is 27.6 Å². The van der Waals surface area contributed by atoms with Gasteiger partial charge < -0.3 is 4.98 Å². The molecule has 2 atom stereocenters. The van der Waals surface area contributed by atoms with E-state index in [0.29, 0.717) is 18.2 Å². The number of likely N-dealkylation sites (N-methyl/N-ethyl adjacent to an activating group) is 1. The second-order valence-corrected chi connectivity index (χ2v) is 6.65. The van der Waals surface area contributed by atoms with Gasteiger partial charge in [0.2, 0.25) is 0 Å². The van der Waals surface area contributed by atoms with Gasteiger partial charge >= 0.3 is 0 Å². The fraction of sp³-hybridized carbons (Fsp3) is 0.421. The van der Waals surface area contributed by atoms with Gasteiger partial charge in [0.15, 0.2) is 0 Å². The standard InChI is InChI=1S/C19H22N2O/c1-3-5-18(22)13-8-15-14-6-4-7-16-19(14)12(10-20-16)9-17(15)21(2)11-13/h4,6-8,10,13,17,20H,3,5,9,11H2,1-2H3/t13-,17-/m1/s1. The molecule has 1 aliphatic heterocycles. The van der Waals surface area contributed by atoms with Crippen LogP contribution in [-0.4, -0.2) is 35.3 Å². The molecular formula is C19H22N2O. The number of Topliss-reactive ketones (excluding diaryl/α,β-unsaturated/α-hetero) is 1. The number of rotatable bonds is 3. The SMILES string of the molecule is CCCC(=O)[C@@H]1C=C2c3cccc4[nH]cc(c34)C[C@H]2N(C)C1. The van der Waals surface area contributed by atoms with Gasteiger partial charge in [0, 0.05) is 42.0 Å². The van der Waals surface area contributed by atoms with Gasteiger partial charge in [-0.2, -0.15) is 0 Å². The summed E-state index contributed by atoms with van der Waals surface area (Å²) in [4.78, 5) is 18.1. The summed E-state index contributed by atoms with van der Waals surface area (Å²) in [6.45, 7) is 2.93. The first kappa shape index (κ1) is 13.8. The molecule has 1 aliphatic carbocycles. The second kappa shape index (κ2) is 5.10. The molecule has 114 valence electrons. The lowest BCUT2D eigenvalue weighted by Crippen LogP contribution is -2.44. The summed E-state index contributed by atoms with van der Waals surface area (Å²) in [5.74, 6) is 0.430. The summed E-state index contributed by atoms with van der Waals surface area (Å²) in [6, 6.07) is 6.85. The van der Waals surface area contributed by atoms with Crippen molar-refractivity contribution in [3.63, 3.8) is 0 Å². The van der Waals surface area contributed by atoms with Gasteiger partial charge in [-0.3, -0.25) is 9.69 Å². The molecule has 0 bridgehead atoms. The van der Waals surface area contributed by atoms with E-state index in [4.69, 9.17) is 0 Å². The zero-order valence-electron chi connectivity index (χ0n) is 13.2.